The van der Waals surface area contributed by atoms with E-state index in [1.807, 2.05) is 6.92 Å². The minimum atomic E-state index is -0.137. The summed E-state index contributed by atoms with van der Waals surface area (Å²) in [4.78, 5) is 11.0. The Morgan fingerprint density at radius 2 is 1.92 bits per heavy atom. The van der Waals surface area contributed by atoms with E-state index in [0.717, 1.165) is 18.4 Å². The van der Waals surface area contributed by atoms with Gasteiger partial charge < -0.3 is 0 Å². The summed E-state index contributed by atoms with van der Waals surface area (Å²) in [5.74, 6) is 4.87. The van der Waals surface area contributed by atoms with E-state index in [4.69, 9.17) is 5.84 Å². The molecule has 4 heteroatoms. The molecule has 1 aliphatic carbocycles. The van der Waals surface area contributed by atoms with E-state index in [9.17, 15) is 4.79 Å². The van der Waals surface area contributed by atoms with Gasteiger partial charge in [-0.1, -0.05) is 5.57 Å². The maximum atomic E-state index is 11.0. The third kappa shape index (κ3) is 2.50. The second kappa shape index (κ2) is 5.17. The summed E-state index contributed by atoms with van der Waals surface area (Å²) in [6.07, 6.45) is 4.56. The maximum absolute atomic E-state index is 11.0. The highest BCUT2D eigenvalue weighted by molar-refractivity contribution is 5.93. The smallest absolute Gasteiger partial charge is 0.260 e. The highest BCUT2D eigenvalue weighted by Gasteiger charge is 2.13. The first kappa shape index (κ1) is 11.5. The number of halogens is 1. The molecule has 1 rings (SSSR count). The van der Waals surface area contributed by atoms with Gasteiger partial charge in [0.25, 0.3) is 5.91 Å². The van der Waals surface area contributed by atoms with Crippen LogP contribution in [0.2, 0.25) is 0 Å². The Kier molecular flexibility index (Phi) is 4.93. The van der Waals surface area contributed by atoms with Gasteiger partial charge in [-0.25, -0.2) is 5.84 Å². The molecule has 0 aromatic carbocycles. The van der Waals surface area contributed by atoms with Gasteiger partial charge in [-0.15, -0.1) is 12.4 Å². The molecule has 0 aromatic rings. The van der Waals surface area contributed by atoms with Gasteiger partial charge in [0.05, 0.1) is 0 Å². The van der Waals surface area contributed by atoms with Gasteiger partial charge in [0.1, 0.15) is 0 Å². The van der Waals surface area contributed by atoms with Gasteiger partial charge >= 0.3 is 0 Å². The van der Waals surface area contributed by atoms with Crippen molar-refractivity contribution in [1.82, 2.24) is 5.43 Å². The summed E-state index contributed by atoms with van der Waals surface area (Å²) in [6, 6.07) is 0. The summed E-state index contributed by atoms with van der Waals surface area (Å²) in [7, 11) is 0. The number of nitrogens with two attached hydrogens (primary N) is 1. The lowest BCUT2D eigenvalue weighted by Gasteiger charge is -2.02. The van der Waals surface area contributed by atoms with E-state index in [0.29, 0.717) is 0 Å². The molecule has 3 N–H and O–H groups in total. The Balaban J connectivity index is 0.00000121. The molecule has 0 heterocycles. The summed E-state index contributed by atoms with van der Waals surface area (Å²) in [5, 5.41) is 0. The van der Waals surface area contributed by atoms with Gasteiger partial charge in [0.15, 0.2) is 0 Å². The molecule has 0 bridgehead atoms. The van der Waals surface area contributed by atoms with Gasteiger partial charge in [-0.3, -0.25) is 10.2 Å². The first-order valence-corrected chi connectivity index (χ1v) is 3.95. The van der Waals surface area contributed by atoms with Crippen LogP contribution in [-0.2, 0) is 4.79 Å². The summed E-state index contributed by atoms with van der Waals surface area (Å²) >= 11 is 0. The third-order valence-electron chi connectivity index (χ3n) is 2.21. The van der Waals surface area contributed by atoms with Crippen LogP contribution >= 0.6 is 12.4 Å². The van der Waals surface area contributed by atoms with Crippen molar-refractivity contribution >= 4 is 18.3 Å². The zero-order valence-electron chi connectivity index (χ0n) is 7.22. The fourth-order valence-electron chi connectivity index (χ4n) is 1.45. The number of hydrogen-bond acceptors (Lipinski definition) is 2. The SMILES string of the molecule is CC(C(=O)NN)=C1CCCC1.Cl. The number of amides is 1. The molecule has 0 unspecified atom stereocenters. The standard InChI is InChI=1S/C8H14N2O.ClH/c1-6(8(11)10-9)7-4-2-3-5-7;/h2-5,9H2,1H3,(H,10,11);1H. The molecule has 70 valence electrons. The van der Waals surface area contributed by atoms with Crippen LogP contribution in [0.25, 0.3) is 0 Å². The number of allylic oxidation sites excluding steroid dienone is 1. The number of hydrogen-bond donors (Lipinski definition) is 2. The van der Waals surface area contributed by atoms with Crippen LogP contribution in [0.5, 0.6) is 0 Å². The van der Waals surface area contributed by atoms with Gasteiger partial charge in [0, 0.05) is 5.57 Å². The molecule has 0 atom stereocenters. The van der Waals surface area contributed by atoms with Crippen LogP contribution in [-0.4, -0.2) is 5.91 Å². The fraction of sp³-hybridized carbons (Fsp3) is 0.625. The van der Waals surface area contributed by atoms with Crippen molar-refractivity contribution in [2.75, 3.05) is 0 Å². The van der Waals surface area contributed by atoms with E-state index in [2.05, 4.69) is 5.43 Å². The van der Waals surface area contributed by atoms with Crippen molar-refractivity contribution in [3.05, 3.63) is 11.1 Å². The minimum absolute atomic E-state index is 0. The molecule has 0 aliphatic heterocycles. The lowest BCUT2D eigenvalue weighted by atomic mass is 10.1. The number of carbonyl (C=O) groups is 1. The second-order valence-electron chi connectivity index (χ2n) is 2.91. The van der Waals surface area contributed by atoms with E-state index in [1.54, 1.807) is 0 Å². The van der Waals surface area contributed by atoms with E-state index < -0.39 is 0 Å². The highest BCUT2D eigenvalue weighted by Crippen LogP contribution is 2.26. The summed E-state index contributed by atoms with van der Waals surface area (Å²) in [5.41, 5.74) is 4.23. The monoisotopic (exact) mass is 190 g/mol. The Bertz CT molecular complexity index is 193. The van der Waals surface area contributed by atoms with Crippen molar-refractivity contribution in [3.8, 4) is 0 Å². The average Bonchev–Trinajstić information content (AvgIpc) is 2.53. The molecule has 0 spiro atoms. The molecule has 1 amide bonds. The maximum Gasteiger partial charge on any atom is 0.260 e. The molecule has 0 aromatic heterocycles. The van der Waals surface area contributed by atoms with Crippen LogP contribution in [0, 0.1) is 0 Å². The van der Waals surface area contributed by atoms with Crippen molar-refractivity contribution in [3.63, 3.8) is 0 Å². The molecule has 3 nitrogen and oxygen atoms in total. The second-order valence-corrected chi connectivity index (χ2v) is 2.91. The zero-order valence-corrected chi connectivity index (χ0v) is 8.04. The van der Waals surface area contributed by atoms with Crippen molar-refractivity contribution < 1.29 is 4.79 Å². The van der Waals surface area contributed by atoms with E-state index in [-0.39, 0.29) is 18.3 Å². The highest BCUT2D eigenvalue weighted by atomic mass is 35.5. The third-order valence-corrected chi connectivity index (χ3v) is 2.21. The normalized spacial score (nSPS) is 15.3. The number of rotatable bonds is 1. The molecule has 0 radical (unpaired) electrons. The van der Waals surface area contributed by atoms with Gasteiger partial charge in [-0.05, 0) is 32.6 Å². The molecular formula is C8H15ClN2O. The molecule has 1 aliphatic rings. The molecule has 1 fully saturated rings. The largest absolute Gasteiger partial charge is 0.290 e. The summed E-state index contributed by atoms with van der Waals surface area (Å²) < 4.78 is 0. The van der Waals surface area contributed by atoms with Crippen molar-refractivity contribution in [2.45, 2.75) is 32.6 Å². The van der Waals surface area contributed by atoms with Gasteiger partial charge in [-0.2, -0.15) is 0 Å². The predicted octanol–water partition coefficient (Wildman–Crippen LogP) is 1.29. The molecular weight excluding hydrogens is 176 g/mol. The topological polar surface area (TPSA) is 55.1 Å². The lowest BCUT2D eigenvalue weighted by Crippen LogP contribution is -2.31. The Hall–Kier alpha value is -0.540. The van der Waals surface area contributed by atoms with Crippen LogP contribution in [0.1, 0.15) is 32.6 Å². The quantitative estimate of drug-likeness (QED) is 0.283. The minimum Gasteiger partial charge on any atom is -0.290 e. The first-order chi connectivity index (χ1) is 5.25. The Morgan fingerprint density at radius 3 is 2.33 bits per heavy atom. The molecule has 1 saturated carbocycles. The Morgan fingerprint density at radius 1 is 1.42 bits per heavy atom. The van der Waals surface area contributed by atoms with Crippen LogP contribution in [0.15, 0.2) is 11.1 Å². The number of hydrazine groups is 1. The average molecular weight is 191 g/mol. The zero-order chi connectivity index (χ0) is 8.27. The predicted molar refractivity (Wildman–Crippen MR) is 50.7 cm³/mol. The Labute approximate surface area is 78.8 Å². The number of nitrogens with one attached hydrogen (secondary N) is 1. The van der Waals surface area contributed by atoms with E-state index >= 15 is 0 Å². The number of carbonyl (C=O) groups excluding carboxylic acids is 1. The van der Waals surface area contributed by atoms with Crippen LogP contribution < -0.4 is 11.3 Å². The molecule has 0 saturated heterocycles. The van der Waals surface area contributed by atoms with Crippen LogP contribution in [0.4, 0.5) is 0 Å². The molecule has 12 heavy (non-hydrogen) atoms. The van der Waals surface area contributed by atoms with Crippen molar-refractivity contribution in [1.29, 1.82) is 0 Å². The lowest BCUT2D eigenvalue weighted by molar-refractivity contribution is -0.117. The summed E-state index contributed by atoms with van der Waals surface area (Å²) in [6.45, 7) is 1.84. The first-order valence-electron chi connectivity index (χ1n) is 3.95. The van der Waals surface area contributed by atoms with E-state index in [1.165, 1.54) is 18.4 Å². The van der Waals surface area contributed by atoms with Crippen molar-refractivity contribution in [2.24, 2.45) is 5.84 Å². The van der Waals surface area contributed by atoms with Gasteiger partial charge in [0.2, 0.25) is 0 Å². The van der Waals surface area contributed by atoms with Crippen LogP contribution in [0.3, 0.4) is 0 Å². The fourth-order valence-corrected chi connectivity index (χ4v) is 1.45.